The summed E-state index contributed by atoms with van der Waals surface area (Å²) in [7, 11) is -1.42. The molecule has 2 saturated heterocycles. The number of hydrogen-bond donors (Lipinski definition) is 1. The number of hydrogen-bond acceptors (Lipinski definition) is 16. The molecule has 1 unspecified atom stereocenters. The van der Waals surface area contributed by atoms with Crippen LogP contribution in [-0.2, 0) is 42.3 Å². The molecule has 324 valence electrons. The highest BCUT2D eigenvalue weighted by Crippen LogP contribution is 2.30. The van der Waals surface area contributed by atoms with Crippen LogP contribution in [0.3, 0.4) is 0 Å². The maximum absolute atomic E-state index is 14.2. The lowest BCUT2D eigenvalue weighted by molar-refractivity contribution is -0.209. The van der Waals surface area contributed by atoms with Gasteiger partial charge in [-0.15, -0.1) is 0 Å². The molecule has 2 aliphatic rings. The minimum absolute atomic E-state index is 0.0400. The summed E-state index contributed by atoms with van der Waals surface area (Å²) in [4.78, 5) is 80.2. The van der Waals surface area contributed by atoms with E-state index >= 15 is 0 Å². The normalized spacial score (nSPS) is 16.6. The zero-order chi connectivity index (χ0) is 43.3. The van der Waals surface area contributed by atoms with Gasteiger partial charge in [-0.25, -0.2) is 24.4 Å². The number of methoxy groups -OCH3 is 1. The van der Waals surface area contributed by atoms with Crippen molar-refractivity contribution < 1.29 is 61.5 Å². The fourth-order valence-electron chi connectivity index (χ4n) is 5.76. The topological polar surface area (TPSA) is 215 Å². The fraction of sp³-hybridized carbons (Fsp3) is 0.615. The highest BCUT2D eigenvalue weighted by Gasteiger charge is 2.41. The van der Waals surface area contributed by atoms with Crippen molar-refractivity contribution in [2.75, 3.05) is 64.0 Å². The first-order chi connectivity index (χ1) is 27.8. The Bertz CT molecular complexity index is 1750. The Balaban J connectivity index is 1.61. The summed E-state index contributed by atoms with van der Waals surface area (Å²) in [5.74, 6) is -0.722. The molecule has 3 heterocycles. The van der Waals surface area contributed by atoms with Gasteiger partial charge in [0.1, 0.15) is 22.7 Å². The van der Waals surface area contributed by atoms with Crippen molar-refractivity contribution in [3.63, 3.8) is 0 Å². The van der Waals surface area contributed by atoms with E-state index in [1.807, 2.05) is 30.0 Å². The SMILES string of the molecule is CCCCOC(=O)N1CCN(C(=O)[C@H](C[P+](=O)OC(OC(=O)OC(C)(C)C)OC(=O)OC(C)(C)C)NC(=O)c2cc(N3CC[C@H](OC)C3)nc(-c3ccccc3)n2)CC1. The molecule has 1 aromatic heterocycles. The number of unbranched alkanes of at least 4 members (excludes halogenated alkanes) is 1. The van der Waals surface area contributed by atoms with Crippen LogP contribution in [0, 0.1) is 0 Å². The Morgan fingerprint density at radius 3 is 2.05 bits per heavy atom. The van der Waals surface area contributed by atoms with Crippen molar-refractivity contribution in [1.82, 2.24) is 25.1 Å². The van der Waals surface area contributed by atoms with Gasteiger partial charge in [-0.1, -0.05) is 48.2 Å². The number of carbonyl (C=O) groups is 5. The van der Waals surface area contributed by atoms with Crippen LogP contribution < -0.4 is 10.2 Å². The maximum Gasteiger partial charge on any atom is 0.518 e. The van der Waals surface area contributed by atoms with Gasteiger partial charge < -0.3 is 48.4 Å². The first-order valence-electron chi connectivity index (χ1n) is 19.5. The molecule has 0 bridgehead atoms. The molecule has 20 heteroatoms. The summed E-state index contributed by atoms with van der Waals surface area (Å²) in [5.41, 5.74) is -1.48. The van der Waals surface area contributed by atoms with Crippen LogP contribution in [0.1, 0.15) is 78.2 Å². The van der Waals surface area contributed by atoms with E-state index in [0.29, 0.717) is 30.9 Å². The highest BCUT2D eigenvalue weighted by molar-refractivity contribution is 7.39. The van der Waals surface area contributed by atoms with Gasteiger partial charge in [0, 0.05) is 58.0 Å². The van der Waals surface area contributed by atoms with Crippen LogP contribution in [-0.4, -0.2) is 139 Å². The van der Waals surface area contributed by atoms with Crippen molar-refractivity contribution in [3.8, 4) is 11.4 Å². The lowest BCUT2D eigenvalue weighted by Crippen LogP contribution is -2.56. The number of amides is 3. The lowest BCUT2D eigenvalue weighted by atomic mass is 10.2. The van der Waals surface area contributed by atoms with Crippen LogP contribution in [0.2, 0.25) is 0 Å². The fourth-order valence-corrected chi connectivity index (χ4v) is 6.67. The average Bonchev–Trinajstić information content (AvgIpc) is 3.66. The molecule has 0 radical (unpaired) electrons. The van der Waals surface area contributed by atoms with E-state index in [1.165, 1.54) is 15.9 Å². The number of aromatic nitrogens is 2. The summed E-state index contributed by atoms with van der Waals surface area (Å²) >= 11 is 0. The Hall–Kier alpha value is -5.13. The number of piperazine rings is 1. The van der Waals surface area contributed by atoms with Crippen molar-refractivity contribution >= 4 is 44.1 Å². The lowest BCUT2D eigenvalue weighted by Gasteiger charge is -2.35. The van der Waals surface area contributed by atoms with Gasteiger partial charge >= 0.3 is 32.9 Å². The minimum atomic E-state index is -3.05. The van der Waals surface area contributed by atoms with E-state index in [9.17, 15) is 28.5 Å². The molecule has 59 heavy (non-hydrogen) atoms. The second kappa shape index (κ2) is 21.2. The number of nitrogens with one attached hydrogen (secondary N) is 1. The number of benzene rings is 1. The number of carbonyl (C=O) groups excluding carboxylic acids is 5. The van der Waals surface area contributed by atoms with E-state index in [1.54, 1.807) is 60.8 Å². The van der Waals surface area contributed by atoms with E-state index in [4.69, 9.17) is 37.9 Å². The number of nitrogens with zero attached hydrogens (tertiary/aromatic N) is 5. The first-order valence-corrected chi connectivity index (χ1v) is 20.8. The van der Waals surface area contributed by atoms with E-state index < -0.39 is 68.1 Å². The Morgan fingerprint density at radius 1 is 0.881 bits per heavy atom. The zero-order valence-corrected chi connectivity index (χ0v) is 35.9. The third-order valence-electron chi connectivity index (χ3n) is 8.66. The monoisotopic (exact) mass is 847 g/mol. The van der Waals surface area contributed by atoms with Crippen LogP contribution >= 0.6 is 8.03 Å². The molecule has 4 rings (SSSR count). The van der Waals surface area contributed by atoms with Gasteiger partial charge in [-0.2, -0.15) is 0 Å². The van der Waals surface area contributed by atoms with E-state index in [-0.39, 0.29) is 50.4 Å². The number of ether oxygens (including phenoxy) is 6. The Morgan fingerprint density at radius 2 is 1.49 bits per heavy atom. The highest BCUT2D eigenvalue weighted by atomic mass is 31.1. The molecule has 2 aromatic rings. The molecule has 19 nitrogen and oxygen atoms in total. The smallest absolute Gasteiger partial charge is 0.449 e. The van der Waals surface area contributed by atoms with Gasteiger partial charge in [0.2, 0.25) is 12.1 Å². The van der Waals surface area contributed by atoms with Crippen molar-refractivity contribution in [1.29, 1.82) is 0 Å². The zero-order valence-electron chi connectivity index (χ0n) is 35.0. The summed E-state index contributed by atoms with van der Waals surface area (Å²) in [6.07, 6.45) is -1.53. The molecule has 0 saturated carbocycles. The molecular formula is C39H56N6O13P+. The molecule has 3 atom stereocenters. The summed E-state index contributed by atoms with van der Waals surface area (Å²) in [5, 5.41) is 2.67. The van der Waals surface area contributed by atoms with Gasteiger partial charge in [-0.3, -0.25) is 9.59 Å². The van der Waals surface area contributed by atoms with E-state index in [2.05, 4.69) is 10.3 Å². The van der Waals surface area contributed by atoms with Crippen LogP contribution in [0.25, 0.3) is 11.4 Å². The van der Waals surface area contributed by atoms with Gasteiger partial charge in [0.15, 0.2) is 11.9 Å². The molecule has 0 aliphatic carbocycles. The number of rotatable bonds is 15. The van der Waals surface area contributed by atoms with Gasteiger partial charge in [0.25, 0.3) is 5.91 Å². The Labute approximate surface area is 345 Å². The summed E-state index contributed by atoms with van der Waals surface area (Å²) in [6, 6.07) is 9.03. The molecule has 2 fully saturated rings. The third kappa shape index (κ3) is 15.2. The largest absolute Gasteiger partial charge is 0.518 e. The van der Waals surface area contributed by atoms with Crippen molar-refractivity contribution in [2.45, 2.75) is 97.6 Å². The second-order valence-corrected chi connectivity index (χ2v) is 17.0. The van der Waals surface area contributed by atoms with Gasteiger partial charge in [-0.05, 0) is 58.9 Å². The minimum Gasteiger partial charge on any atom is -0.449 e. The van der Waals surface area contributed by atoms with Crippen LogP contribution in [0.5, 0.6) is 0 Å². The summed E-state index contributed by atoms with van der Waals surface area (Å²) in [6.45, 7) is 11.0. The van der Waals surface area contributed by atoms with Crippen molar-refractivity contribution in [3.05, 3.63) is 42.1 Å². The molecule has 1 aromatic carbocycles. The average molecular weight is 848 g/mol. The predicted octanol–water partition coefficient (Wildman–Crippen LogP) is 5.49. The summed E-state index contributed by atoms with van der Waals surface area (Å²) < 4.78 is 50.3. The first kappa shape index (κ1) is 46.6. The standard InChI is InChI=1S/C39H55N6O13P/c1-9-10-22-53-34(48)44-20-18-43(19-21-44)33(47)29(25-59(51)58-37(54-35(49)56-38(2,3)4)55-36(50)57-39(5,6)7)41-32(46)28-23-30(45-17-16-27(24-45)52-8)42-31(40-28)26-14-12-11-13-15-26/h11-15,23,27,29,37H,9-10,16-22,24-25H2,1-8H3/p+1/t27-,29-/m0/s1. The maximum atomic E-state index is 14.2. The van der Waals surface area contributed by atoms with Crippen LogP contribution in [0.4, 0.5) is 20.2 Å². The second-order valence-electron chi connectivity index (χ2n) is 15.8. The molecule has 1 N–H and O–H groups in total. The van der Waals surface area contributed by atoms with Gasteiger partial charge in [0.05, 0.1) is 12.7 Å². The Kier molecular flexibility index (Phi) is 16.7. The molecular weight excluding hydrogens is 791 g/mol. The molecule has 0 spiro atoms. The third-order valence-corrected chi connectivity index (χ3v) is 9.73. The van der Waals surface area contributed by atoms with Crippen LogP contribution in [0.15, 0.2) is 36.4 Å². The van der Waals surface area contributed by atoms with Crippen molar-refractivity contribution in [2.24, 2.45) is 0 Å². The quantitative estimate of drug-likeness (QED) is 0.0771. The molecule has 2 aliphatic heterocycles. The van der Waals surface area contributed by atoms with E-state index in [0.717, 1.165) is 12.8 Å². The predicted molar refractivity (Wildman–Crippen MR) is 213 cm³/mol. The molecule has 3 amide bonds. The number of anilines is 1.